The predicted octanol–water partition coefficient (Wildman–Crippen LogP) is 5.92. The van der Waals surface area contributed by atoms with Crippen molar-refractivity contribution in [2.24, 2.45) is 0 Å². The molecule has 4 aromatic rings. The summed E-state index contributed by atoms with van der Waals surface area (Å²) in [5.74, 6) is 0.200. The molecule has 0 atom stereocenters. The van der Waals surface area contributed by atoms with Crippen molar-refractivity contribution in [3.63, 3.8) is 0 Å². The van der Waals surface area contributed by atoms with Gasteiger partial charge in [0, 0.05) is 22.6 Å². The smallest absolute Gasteiger partial charge is 0.418 e. The molecule has 0 spiro atoms. The standard InChI is InChI=1S/C24H18ClF3N2O4S/c25-16-11-18(13-19(12-16)35(32,33)9-3-8-31)34-17-5-1-4-15(10-17)22-20-6-2-7-21(24(26,27)28)23(20)30-14-29-22/h1-2,4-7,10-14,31H,3,8-9H2. The van der Waals surface area contributed by atoms with Gasteiger partial charge in [0.05, 0.1) is 27.4 Å². The first-order valence-corrected chi connectivity index (χ1v) is 12.3. The van der Waals surface area contributed by atoms with Crippen molar-refractivity contribution in [2.75, 3.05) is 12.4 Å². The van der Waals surface area contributed by atoms with Crippen LogP contribution in [-0.4, -0.2) is 35.9 Å². The maximum absolute atomic E-state index is 13.4. The summed E-state index contributed by atoms with van der Waals surface area (Å²) in [6.07, 6.45) is -3.42. The molecule has 1 heterocycles. The van der Waals surface area contributed by atoms with Crippen molar-refractivity contribution in [3.05, 3.63) is 77.6 Å². The van der Waals surface area contributed by atoms with E-state index in [1.807, 2.05) is 0 Å². The van der Waals surface area contributed by atoms with Crippen LogP contribution < -0.4 is 4.74 Å². The van der Waals surface area contributed by atoms with E-state index in [9.17, 15) is 21.6 Å². The van der Waals surface area contributed by atoms with Crippen LogP contribution in [0.15, 0.2) is 71.9 Å². The highest BCUT2D eigenvalue weighted by molar-refractivity contribution is 7.91. The Bertz CT molecular complexity index is 1490. The fraction of sp³-hybridized carbons (Fsp3) is 0.167. The van der Waals surface area contributed by atoms with Gasteiger partial charge in [-0.05, 0) is 42.8 Å². The first-order valence-electron chi connectivity index (χ1n) is 10.3. The molecule has 0 saturated carbocycles. The van der Waals surface area contributed by atoms with Crippen LogP contribution in [0.5, 0.6) is 11.5 Å². The van der Waals surface area contributed by atoms with Crippen LogP contribution in [-0.2, 0) is 16.0 Å². The lowest BCUT2D eigenvalue weighted by Crippen LogP contribution is -2.08. The number of hydrogen-bond donors (Lipinski definition) is 1. The van der Waals surface area contributed by atoms with Crippen molar-refractivity contribution in [1.82, 2.24) is 9.97 Å². The van der Waals surface area contributed by atoms with E-state index < -0.39 is 21.6 Å². The summed E-state index contributed by atoms with van der Waals surface area (Å²) in [7, 11) is -3.68. The number of aliphatic hydroxyl groups excluding tert-OH is 1. The normalized spacial score (nSPS) is 12.1. The van der Waals surface area contributed by atoms with Crippen molar-refractivity contribution >= 4 is 32.3 Å². The number of rotatable bonds is 7. The minimum Gasteiger partial charge on any atom is -0.457 e. The molecule has 35 heavy (non-hydrogen) atoms. The Morgan fingerprint density at radius 3 is 2.49 bits per heavy atom. The average molecular weight is 523 g/mol. The summed E-state index contributed by atoms with van der Waals surface area (Å²) in [4.78, 5) is 7.97. The highest BCUT2D eigenvalue weighted by atomic mass is 35.5. The van der Waals surface area contributed by atoms with Crippen LogP contribution in [0.3, 0.4) is 0 Å². The fourth-order valence-electron chi connectivity index (χ4n) is 3.54. The van der Waals surface area contributed by atoms with Gasteiger partial charge in [-0.3, -0.25) is 0 Å². The molecule has 1 aromatic heterocycles. The molecule has 182 valence electrons. The van der Waals surface area contributed by atoms with Gasteiger partial charge in [-0.1, -0.05) is 35.9 Å². The third kappa shape index (κ3) is 5.55. The van der Waals surface area contributed by atoms with Gasteiger partial charge in [0.15, 0.2) is 9.84 Å². The monoisotopic (exact) mass is 522 g/mol. The number of fused-ring (bicyclic) bond motifs is 1. The Kier molecular flexibility index (Phi) is 6.98. The maximum atomic E-state index is 13.4. The zero-order valence-electron chi connectivity index (χ0n) is 18.0. The lowest BCUT2D eigenvalue weighted by atomic mass is 10.0. The van der Waals surface area contributed by atoms with Gasteiger partial charge in [0.25, 0.3) is 0 Å². The van der Waals surface area contributed by atoms with Crippen LogP contribution in [0.1, 0.15) is 12.0 Å². The Morgan fingerprint density at radius 1 is 0.971 bits per heavy atom. The average Bonchev–Trinajstić information content (AvgIpc) is 2.81. The number of sulfone groups is 1. The number of halogens is 4. The number of para-hydroxylation sites is 1. The van der Waals surface area contributed by atoms with Crippen molar-refractivity contribution in [3.8, 4) is 22.8 Å². The Balaban J connectivity index is 1.71. The van der Waals surface area contributed by atoms with Gasteiger partial charge in [-0.25, -0.2) is 18.4 Å². The molecule has 0 amide bonds. The lowest BCUT2D eigenvalue weighted by molar-refractivity contribution is -0.136. The van der Waals surface area contributed by atoms with Gasteiger partial charge in [-0.15, -0.1) is 0 Å². The van der Waals surface area contributed by atoms with Gasteiger partial charge >= 0.3 is 6.18 Å². The number of aliphatic hydroxyl groups is 1. The minimum absolute atomic E-state index is 0.0499. The number of alkyl halides is 3. The summed E-state index contributed by atoms with van der Waals surface area (Å²) in [6, 6.07) is 14.3. The molecule has 0 radical (unpaired) electrons. The summed E-state index contributed by atoms with van der Waals surface area (Å²) >= 11 is 6.10. The highest BCUT2D eigenvalue weighted by Gasteiger charge is 2.33. The topological polar surface area (TPSA) is 89.4 Å². The van der Waals surface area contributed by atoms with E-state index in [-0.39, 0.29) is 51.0 Å². The quantitative estimate of drug-likeness (QED) is 0.324. The van der Waals surface area contributed by atoms with E-state index >= 15 is 0 Å². The number of benzene rings is 3. The number of nitrogens with zero attached hydrogens (tertiary/aromatic N) is 2. The Morgan fingerprint density at radius 2 is 1.74 bits per heavy atom. The van der Waals surface area contributed by atoms with Crippen LogP contribution in [0, 0.1) is 0 Å². The van der Waals surface area contributed by atoms with Gasteiger partial charge in [0.2, 0.25) is 0 Å². The summed E-state index contributed by atoms with van der Waals surface area (Å²) in [5.41, 5.74) is -0.319. The third-order valence-electron chi connectivity index (χ3n) is 5.09. The summed E-state index contributed by atoms with van der Waals surface area (Å²) in [5, 5.41) is 9.30. The van der Waals surface area contributed by atoms with E-state index in [4.69, 9.17) is 21.4 Å². The summed E-state index contributed by atoms with van der Waals surface area (Å²) < 4.78 is 71.1. The number of hydrogen-bond acceptors (Lipinski definition) is 6. The molecule has 0 fully saturated rings. The van der Waals surface area contributed by atoms with Crippen LogP contribution in [0.25, 0.3) is 22.2 Å². The molecule has 0 aliphatic carbocycles. The van der Waals surface area contributed by atoms with Crippen molar-refractivity contribution in [1.29, 1.82) is 0 Å². The third-order valence-corrected chi connectivity index (χ3v) is 7.09. The van der Waals surface area contributed by atoms with E-state index in [0.29, 0.717) is 11.3 Å². The summed E-state index contributed by atoms with van der Waals surface area (Å²) in [6.45, 7) is -0.266. The molecule has 0 unspecified atom stereocenters. The second-order valence-electron chi connectivity index (χ2n) is 7.57. The van der Waals surface area contributed by atoms with E-state index in [1.54, 1.807) is 24.3 Å². The van der Waals surface area contributed by atoms with Crippen LogP contribution in [0.2, 0.25) is 5.02 Å². The Hall–Kier alpha value is -3.21. The van der Waals surface area contributed by atoms with Crippen molar-refractivity contribution in [2.45, 2.75) is 17.5 Å². The second kappa shape index (κ2) is 9.80. The zero-order valence-corrected chi connectivity index (χ0v) is 19.5. The maximum Gasteiger partial charge on any atom is 0.418 e. The van der Waals surface area contributed by atoms with E-state index in [2.05, 4.69) is 9.97 Å². The second-order valence-corrected chi connectivity index (χ2v) is 10.1. The van der Waals surface area contributed by atoms with Gasteiger partial charge in [-0.2, -0.15) is 13.2 Å². The van der Waals surface area contributed by atoms with E-state index in [0.717, 1.165) is 12.4 Å². The lowest BCUT2D eigenvalue weighted by Gasteiger charge is -2.13. The highest BCUT2D eigenvalue weighted by Crippen LogP contribution is 2.37. The van der Waals surface area contributed by atoms with Crippen molar-refractivity contribution < 1.29 is 31.4 Å². The molecule has 6 nitrogen and oxygen atoms in total. The number of ether oxygens (including phenoxy) is 1. The molecule has 0 saturated heterocycles. The first kappa shape index (κ1) is 24.9. The molecular formula is C24H18ClF3N2O4S. The predicted molar refractivity (Wildman–Crippen MR) is 125 cm³/mol. The van der Waals surface area contributed by atoms with Gasteiger partial charge < -0.3 is 9.84 Å². The molecular weight excluding hydrogens is 505 g/mol. The molecule has 3 aromatic carbocycles. The largest absolute Gasteiger partial charge is 0.457 e. The molecule has 11 heteroatoms. The van der Waals surface area contributed by atoms with E-state index in [1.165, 1.54) is 30.3 Å². The van der Waals surface area contributed by atoms with Crippen LogP contribution in [0.4, 0.5) is 13.2 Å². The molecule has 4 rings (SSSR count). The van der Waals surface area contributed by atoms with Gasteiger partial charge in [0.1, 0.15) is 17.8 Å². The minimum atomic E-state index is -4.57. The molecule has 1 N–H and O–H groups in total. The number of aromatic nitrogens is 2. The van der Waals surface area contributed by atoms with Crippen LogP contribution >= 0.6 is 11.6 Å². The first-order chi connectivity index (χ1) is 16.6. The zero-order chi connectivity index (χ0) is 25.2. The SMILES string of the molecule is O=S(=O)(CCCO)c1cc(Cl)cc(Oc2cccc(-c3ncnc4c(C(F)(F)F)cccc34)c2)c1. The fourth-order valence-corrected chi connectivity index (χ4v) is 5.17. The molecule has 0 aliphatic heterocycles. The molecule has 0 bridgehead atoms. The Labute approximate surface area is 203 Å². The molecule has 0 aliphatic rings.